The molecule has 0 aromatic heterocycles. The summed E-state index contributed by atoms with van der Waals surface area (Å²) in [4.78, 5) is 11.2. The summed E-state index contributed by atoms with van der Waals surface area (Å²) in [7, 11) is 0. The summed E-state index contributed by atoms with van der Waals surface area (Å²) >= 11 is 0. The van der Waals surface area contributed by atoms with Gasteiger partial charge in [0.25, 0.3) is 0 Å². The minimum atomic E-state index is -0.332. The number of para-hydroxylation sites is 1. The van der Waals surface area contributed by atoms with Crippen molar-refractivity contribution in [2.75, 3.05) is 6.61 Å². The number of nitrogens with one attached hydrogen (secondary N) is 1. The molecule has 1 aromatic carbocycles. The SMILES string of the molecule is Cc1cccc2c1OCCCC2NC(C)C(N)=O. The molecule has 4 heteroatoms. The van der Waals surface area contributed by atoms with E-state index in [2.05, 4.69) is 11.4 Å². The quantitative estimate of drug-likeness (QED) is 0.855. The lowest BCUT2D eigenvalue weighted by atomic mass is 9.99. The number of amides is 1. The van der Waals surface area contributed by atoms with Gasteiger partial charge in [0.15, 0.2) is 0 Å². The van der Waals surface area contributed by atoms with E-state index in [-0.39, 0.29) is 18.0 Å². The number of primary amides is 1. The Balaban J connectivity index is 2.27. The zero-order valence-corrected chi connectivity index (χ0v) is 10.9. The second-order valence-corrected chi connectivity index (χ2v) is 4.83. The van der Waals surface area contributed by atoms with Gasteiger partial charge in [0, 0.05) is 11.6 Å². The third-order valence-electron chi connectivity index (χ3n) is 3.38. The first kappa shape index (κ1) is 12.9. The van der Waals surface area contributed by atoms with Crippen LogP contribution >= 0.6 is 0 Å². The average Bonchev–Trinajstić information content (AvgIpc) is 2.53. The molecule has 0 bridgehead atoms. The van der Waals surface area contributed by atoms with Gasteiger partial charge in [-0.25, -0.2) is 0 Å². The largest absolute Gasteiger partial charge is 0.493 e. The maximum Gasteiger partial charge on any atom is 0.234 e. The number of aryl methyl sites for hydroxylation is 1. The Morgan fingerprint density at radius 1 is 1.56 bits per heavy atom. The zero-order valence-electron chi connectivity index (χ0n) is 10.9. The van der Waals surface area contributed by atoms with E-state index in [4.69, 9.17) is 10.5 Å². The van der Waals surface area contributed by atoms with Crippen molar-refractivity contribution < 1.29 is 9.53 Å². The fourth-order valence-corrected chi connectivity index (χ4v) is 2.32. The van der Waals surface area contributed by atoms with E-state index >= 15 is 0 Å². The van der Waals surface area contributed by atoms with Gasteiger partial charge in [0.05, 0.1) is 12.6 Å². The molecule has 2 atom stereocenters. The highest BCUT2D eigenvalue weighted by molar-refractivity contribution is 5.79. The lowest BCUT2D eigenvalue weighted by Gasteiger charge is -2.22. The Labute approximate surface area is 108 Å². The van der Waals surface area contributed by atoms with E-state index in [1.165, 1.54) is 0 Å². The molecular weight excluding hydrogens is 228 g/mol. The van der Waals surface area contributed by atoms with E-state index < -0.39 is 0 Å². The Morgan fingerprint density at radius 3 is 3.06 bits per heavy atom. The maximum atomic E-state index is 11.2. The van der Waals surface area contributed by atoms with Crippen molar-refractivity contribution in [3.8, 4) is 5.75 Å². The van der Waals surface area contributed by atoms with Gasteiger partial charge in [-0.1, -0.05) is 18.2 Å². The highest BCUT2D eigenvalue weighted by atomic mass is 16.5. The fourth-order valence-electron chi connectivity index (χ4n) is 2.32. The summed E-state index contributed by atoms with van der Waals surface area (Å²) in [5.74, 6) is 0.624. The van der Waals surface area contributed by atoms with Crippen molar-refractivity contribution in [3.05, 3.63) is 29.3 Å². The van der Waals surface area contributed by atoms with Crippen molar-refractivity contribution >= 4 is 5.91 Å². The van der Waals surface area contributed by atoms with Crippen LogP contribution in [0.2, 0.25) is 0 Å². The van der Waals surface area contributed by atoms with Gasteiger partial charge in [-0.15, -0.1) is 0 Å². The maximum absolute atomic E-state index is 11.2. The van der Waals surface area contributed by atoms with Crippen molar-refractivity contribution in [2.45, 2.75) is 38.8 Å². The summed E-state index contributed by atoms with van der Waals surface area (Å²) in [6, 6.07) is 5.91. The Morgan fingerprint density at radius 2 is 2.33 bits per heavy atom. The van der Waals surface area contributed by atoms with Crippen LogP contribution in [0.3, 0.4) is 0 Å². The molecular formula is C14H20N2O2. The Hall–Kier alpha value is -1.55. The predicted octanol–water partition coefficient (Wildman–Crippen LogP) is 1.67. The van der Waals surface area contributed by atoms with E-state index in [1.54, 1.807) is 6.92 Å². The molecule has 1 aromatic rings. The van der Waals surface area contributed by atoms with Crippen molar-refractivity contribution in [1.82, 2.24) is 5.32 Å². The number of carbonyl (C=O) groups excluding carboxylic acids is 1. The fraction of sp³-hybridized carbons (Fsp3) is 0.500. The van der Waals surface area contributed by atoms with Crippen molar-refractivity contribution in [1.29, 1.82) is 0 Å². The number of rotatable bonds is 3. The number of hydrogen-bond acceptors (Lipinski definition) is 3. The number of hydrogen-bond donors (Lipinski definition) is 2. The highest BCUT2D eigenvalue weighted by Gasteiger charge is 2.23. The number of benzene rings is 1. The van der Waals surface area contributed by atoms with Gasteiger partial charge in [-0.05, 0) is 32.3 Å². The molecule has 2 rings (SSSR count). The molecule has 0 spiro atoms. The van der Waals surface area contributed by atoms with Gasteiger partial charge in [-0.3, -0.25) is 10.1 Å². The van der Waals surface area contributed by atoms with E-state index in [9.17, 15) is 4.79 Å². The minimum Gasteiger partial charge on any atom is -0.493 e. The lowest BCUT2D eigenvalue weighted by molar-refractivity contribution is -0.119. The van der Waals surface area contributed by atoms with Crippen molar-refractivity contribution in [2.24, 2.45) is 5.73 Å². The third-order valence-corrected chi connectivity index (χ3v) is 3.38. The first-order chi connectivity index (χ1) is 8.59. The molecule has 0 saturated carbocycles. The van der Waals surface area contributed by atoms with Gasteiger partial charge >= 0.3 is 0 Å². The highest BCUT2D eigenvalue weighted by Crippen LogP contribution is 2.34. The molecule has 0 saturated heterocycles. The standard InChI is InChI=1S/C14H20N2O2/c1-9-5-3-6-11-12(16-10(2)14(15)17)7-4-8-18-13(9)11/h3,5-6,10,12,16H,4,7-8H2,1-2H3,(H2,15,17). The van der Waals surface area contributed by atoms with Crippen LogP contribution < -0.4 is 15.8 Å². The van der Waals surface area contributed by atoms with E-state index in [0.29, 0.717) is 0 Å². The van der Waals surface area contributed by atoms with Crippen LogP contribution in [0.15, 0.2) is 18.2 Å². The summed E-state index contributed by atoms with van der Waals surface area (Å²) < 4.78 is 5.80. The molecule has 0 fully saturated rings. The number of ether oxygens (including phenoxy) is 1. The first-order valence-corrected chi connectivity index (χ1v) is 6.37. The summed E-state index contributed by atoms with van der Waals surface area (Å²) in [5.41, 5.74) is 7.57. The lowest BCUT2D eigenvalue weighted by Crippen LogP contribution is -2.40. The molecule has 1 heterocycles. The van der Waals surface area contributed by atoms with Crippen LogP contribution in [0.5, 0.6) is 5.75 Å². The van der Waals surface area contributed by atoms with Crippen molar-refractivity contribution in [3.63, 3.8) is 0 Å². The Kier molecular flexibility index (Phi) is 3.87. The molecule has 0 radical (unpaired) electrons. The van der Waals surface area contributed by atoms with Crippen LogP contribution in [0.4, 0.5) is 0 Å². The molecule has 1 aliphatic heterocycles. The predicted molar refractivity (Wildman–Crippen MR) is 70.4 cm³/mol. The molecule has 2 unspecified atom stereocenters. The van der Waals surface area contributed by atoms with Crippen LogP contribution in [-0.4, -0.2) is 18.6 Å². The topological polar surface area (TPSA) is 64.3 Å². The van der Waals surface area contributed by atoms with Gasteiger partial charge in [-0.2, -0.15) is 0 Å². The number of carbonyl (C=O) groups is 1. The van der Waals surface area contributed by atoms with Crippen LogP contribution in [-0.2, 0) is 4.79 Å². The Bertz CT molecular complexity index is 445. The smallest absolute Gasteiger partial charge is 0.234 e. The van der Waals surface area contributed by atoms with E-state index in [0.717, 1.165) is 36.3 Å². The van der Waals surface area contributed by atoms with Crippen LogP contribution in [0, 0.1) is 6.92 Å². The van der Waals surface area contributed by atoms with Gasteiger partial charge in [0.1, 0.15) is 5.75 Å². The van der Waals surface area contributed by atoms with E-state index in [1.807, 2.05) is 19.1 Å². The number of nitrogens with two attached hydrogens (primary N) is 1. The summed E-state index contributed by atoms with van der Waals surface area (Å²) in [5, 5.41) is 3.29. The third kappa shape index (κ3) is 2.64. The van der Waals surface area contributed by atoms with Crippen LogP contribution in [0.25, 0.3) is 0 Å². The number of fused-ring (bicyclic) bond motifs is 1. The molecule has 18 heavy (non-hydrogen) atoms. The van der Waals surface area contributed by atoms with Crippen LogP contribution in [0.1, 0.15) is 36.9 Å². The first-order valence-electron chi connectivity index (χ1n) is 6.37. The minimum absolute atomic E-state index is 0.130. The summed E-state index contributed by atoms with van der Waals surface area (Å²) in [6.07, 6.45) is 1.92. The average molecular weight is 248 g/mol. The zero-order chi connectivity index (χ0) is 13.1. The van der Waals surface area contributed by atoms with Gasteiger partial charge in [0.2, 0.25) is 5.91 Å². The monoisotopic (exact) mass is 248 g/mol. The normalized spacial score (nSPS) is 20.4. The molecule has 4 nitrogen and oxygen atoms in total. The second kappa shape index (κ2) is 5.40. The molecule has 1 aliphatic rings. The summed E-state index contributed by atoms with van der Waals surface area (Å²) in [6.45, 7) is 4.56. The molecule has 0 aliphatic carbocycles. The second-order valence-electron chi connectivity index (χ2n) is 4.83. The molecule has 3 N–H and O–H groups in total. The molecule has 1 amide bonds. The molecule has 98 valence electrons. The van der Waals surface area contributed by atoms with Gasteiger partial charge < -0.3 is 10.5 Å².